The maximum atomic E-state index is 6.72. The van der Waals surface area contributed by atoms with Gasteiger partial charge in [0, 0.05) is 10.8 Å². The fraction of sp³-hybridized carbons (Fsp3) is 0. The molecular weight excluding hydrogens is 212 g/mol. The van der Waals surface area contributed by atoms with E-state index < -0.39 is 0 Å². The number of hydrogen-bond donors (Lipinski definition) is 1. The predicted molar refractivity (Wildman–Crippen MR) is 66.2 cm³/mol. The Morgan fingerprint density at radius 1 is 0.941 bits per heavy atom. The normalized spacial score (nSPS) is 10.4. The van der Waals surface area contributed by atoms with Gasteiger partial charge in [-0.1, -0.05) is 24.3 Å². The van der Waals surface area contributed by atoms with Crippen LogP contribution >= 0.6 is 0 Å². The van der Waals surface area contributed by atoms with Crippen LogP contribution in [0.3, 0.4) is 0 Å². The van der Waals surface area contributed by atoms with Crippen molar-refractivity contribution >= 4 is 27.5 Å². The molecule has 0 spiro atoms. The first-order valence-electron chi connectivity index (χ1n) is 5.24. The lowest BCUT2D eigenvalue weighted by molar-refractivity contribution is 0.992. The van der Waals surface area contributed by atoms with Crippen LogP contribution in [-0.2, 0) is 0 Å². The van der Waals surface area contributed by atoms with Crippen LogP contribution in [0.1, 0.15) is 0 Å². The van der Waals surface area contributed by atoms with E-state index in [0.29, 0.717) is 5.69 Å². The average molecular weight is 221 g/mol. The molecule has 0 bridgehead atoms. The monoisotopic (exact) mass is 221 g/mol. The Morgan fingerprint density at radius 2 is 1.76 bits per heavy atom. The highest BCUT2D eigenvalue weighted by Crippen LogP contribution is 2.23. The summed E-state index contributed by atoms with van der Waals surface area (Å²) in [5, 5.41) is 5.87. The van der Waals surface area contributed by atoms with Gasteiger partial charge in [-0.25, -0.2) is 4.98 Å². The molecule has 0 fully saturated rings. The number of nitrogens with zero attached hydrogens (tertiary/aromatic N) is 3. The highest BCUT2D eigenvalue weighted by atomic mass is 15.1. The summed E-state index contributed by atoms with van der Waals surface area (Å²) in [6.07, 6.45) is 0. The summed E-state index contributed by atoms with van der Waals surface area (Å²) in [7, 11) is 0. The minimum Gasteiger partial charge on any atom is -0.248 e. The summed E-state index contributed by atoms with van der Waals surface area (Å²) in [6.45, 7) is 0. The van der Waals surface area contributed by atoms with Crippen LogP contribution in [0.15, 0.2) is 53.6 Å². The van der Waals surface area contributed by atoms with Crippen molar-refractivity contribution in [2.24, 2.45) is 5.11 Å². The molecule has 1 heterocycles. The Bertz CT molecular complexity index is 758. The molecule has 3 rings (SSSR count). The standard InChI is InChI=1S/C13H9N4/c14-17-16-11-6-5-10-7-9-3-1-2-4-12(9)15-13(10)8-11/h1-8,14H/q+1. The molecule has 1 aromatic heterocycles. The van der Waals surface area contributed by atoms with E-state index in [0.717, 1.165) is 21.8 Å². The molecule has 0 amide bonds. The predicted octanol–water partition coefficient (Wildman–Crippen LogP) is 3.57. The van der Waals surface area contributed by atoms with Crippen molar-refractivity contribution in [2.75, 3.05) is 0 Å². The van der Waals surface area contributed by atoms with Crippen molar-refractivity contribution < 1.29 is 0 Å². The van der Waals surface area contributed by atoms with E-state index in [2.05, 4.69) is 21.1 Å². The van der Waals surface area contributed by atoms with Crippen LogP contribution in [0.5, 0.6) is 0 Å². The summed E-state index contributed by atoms with van der Waals surface area (Å²) in [5.41, 5.74) is 9.19. The van der Waals surface area contributed by atoms with E-state index >= 15 is 0 Å². The summed E-state index contributed by atoms with van der Waals surface area (Å²) >= 11 is 0. The lowest BCUT2D eigenvalue weighted by atomic mass is 10.1. The van der Waals surface area contributed by atoms with E-state index in [1.54, 1.807) is 0 Å². The highest BCUT2D eigenvalue weighted by Gasteiger charge is 2.02. The van der Waals surface area contributed by atoms with Gasteiger partial charge in [0.15, 0.2) is 10.8 Å². The zero-order valence-electron chi connectivity index (χ0n) is 8.96. The Kier molecular flexibility index (Phi) is 2.14. The summed E-state index contributed by atoms with van der Waals surface area (Å²) in [6, 6.07) is 15.7. The largest absolute Gasteiger partial charge is 0.248 e. The van der Waals surface area contributed by atoms with Crippen molar-refractivity contribution in [1.82, 2.24) is 9.90 Å². The molecule has 17 heavy (non-hydrogen) atoms. The van der Waals surface area contributed by atoms with Crippen LogP contribution in [0.25, 0.3) is 21.8 Å². The second kappa shape index (κ2) is 3.77. The molecule has 2 aromatic carbocycles. The number of para-hydroxylation sites is 1. The Balaban J connectivity index is 2.36. The number of pyridine rings is 1. The second-order valence-corrected chi connectivity index (χ2v) is 3.76. The molecule has 80 valence electrons. The summed E-state index contributed by atoms with van der Waals surface area (Å²) in [4.78, 5) is 7.58. The van der Waals surface area contributed by atoms with Crippen molar-refractivity contribution in [2.45, 2.75) is 0 Å². The SMILES string of the molecule is N=[N+]=Nc1ccc2cc3ccccc3nc2c1. The van der Waals surface area contributed by atoms with Crippen LogP contribution in [0.4, 0.5) is 5.69 Å². The van der Waals surface area contributed by atoms with E-state index in [1.165, 1.54) is 0 Å². The fourth-order valence-corrected chi connectivity index (χ4v) is 1.88. The third-order valence-corrected chi connectivity index (χ3v) is 2.67. The molecule has 0 aliphatic rings. The lowest BCUT2D eigenvalue weighted by Gasteiger charge is -2.00. The van der Waals surface area contributed by atoms with E-state index in [1.807, 2.05) is 42.5 Å². The molecule has 4 heteroatoms. The molecule has 0 saturated heterocycles. The molecule has 0 aliphatic carbocycles. The van der Waals surface area contributed by atoms with Gasteiger partial charge in [-0.2, -0.15) is 0 Å². The van der Waals surface area contributed by atoms with Gasteiger partial charge in [0.05, 0.1) is 11.0 Å². The van der Waals surface area contributed by atoms with Crippen molar-refractivity contribution in [3.8, 4) is 0 Å². The Labute approximate surface area is 97.1 Å². The van der Waals surface area contributed by atoms with Crippen molar-refractivity contribution in [3.63, 3.8) is 0 Å². The number of benzene rings is 2. The van der Waals surface area contributed by atoms with Crippen LogP contribution < -0.4 is 4.91 Å². The average Bonchev–Trinajstić information content (AvgIpc) is 2.36. The second-order valence-electron chi connectivity index (χ2n) is 3.76. The van der Waals surface area contributed by atoms with Crippen LogP contribution in [0.2, 0.25) is 0 Å². The molecule has 0 unspecified atom stereocenters. The maximum absolute atomic E-state index is 6.72. The van der Waals surface area contributed by atoms with Gasteiger partial charge in [-0.15, -0.1) is 0 Å². The number of fused-ring (bicyclic) bond motifs is 2. The van der Waals surface area contributed by atoms with Gasteiger partial charge < -0.3 is 0 Å². The molecule has 4 nitrogen and oxygen atoms in total. The van der Waals surface area contributed by atoms with Gasteiger partial charge in [0.25, 0.3) is 0 Å². The van der Waals surface area contributed by atoms with Crippen LogP contribution in [0, 0.1) is 5.53 Å². The third kappa shape index (κ3) is 1.67. The third-order valence-electron chi connectivity index (χ3n) is 2.67. The van der Waals surface area contributed by atoms with Gasteiger partial charge in [-0.3, -0.25) is 0 Å². The fourth-order valence-electron chi connectivity index (χ4n) is 1.88. The molecule has 0 aliphatic heterocycles. The molecule has 0 saturated carbocycles. The molecule has 0 radical (unpaired) electrons. The van der Waals surface area contributed by atoms with E-state index in [-0.39, 0.29) is 0 Å². The quantitative estimate of drug-likeness (QED) is 0.381. The number of hydrogen-bond acceptors (Lipinski definition) is 3. The first kappa shape index (κ1) is 9.63. The zero-order valence-corrected chi connectivity index (χ0v) is 8.96. The van der Waals surface area contributed by atoms with E-state index in [4.69, 9.17) is 5.53 Å². The molecule has 0 atom stereocenters. The number of aromatic nitrogens is 1. The molecule has 1 N–H and O–H groups in total. The van der Waals surface area contributed by atoms with Crippen molar-refractivity contribution in [3.05, 3.63) is 48.5 Å². The van der Waals surface area contributed by atoms with E-state index in [9.17, 15) is 0 Å². The summed E-state index contributed by atoms with van der Waals surface area (Å²) in [5.74, 6) is 0. The smallest absolute Gasteiger partial charge is 0.220 e. The minimum atomic E-state index is 0.648. The summed E-state index contributed by atoms with van der Waals surface area (Å²) < 4.78 is 0. The maximum Gasteiger partial charge on any atom is 0.220 e. The Morgan fingerprint density at radius 3 is 2.65 bits per heavy atom. The lowest BCUT2D eigenvalue weighted by Crippen LogP contribution is -1.81. The number of nitrogens with one attached hydrogen (secondary N) is 1. The Hall–Kier alpha value is -2.58. The van der Waals surface area contributed by atoms with Crippen LogP contribution in [-0.4, -0.2) is 4.98 Å². The highest BCUT2D eigenvalue weighted by molar-refractivity contribution is 5.93. The van der Waals surface area contributed by atoms with Gasteiger partial charge in [-0.05, 0) is 24.3 Å². The zero-order chi connectivity index (χ0) is 11.7. The van der Waals surface area contributed by atoms with Gasteiger partial charge in [0.2, 0.25) is 4.91 Å². The topological polar surface area (TPSA) is 63.2 Å². The van der Waals surface area contributed by atoms with Crippen molar-refractivity contribution in [1.29, 1.82) is 5.53 Å². The molecular formula is C13H9N4+. The first-order valence-corrected chi connectivity index (χ1v) is 5.24. The first-order chi connectivity index (χ1) is 8.36. The van der Waals surface area contributed by atoms with Gasteiger partial charge in [0.1, 0.15) is 5.53 Å². The molecule has 3 aromatic rings. The number of rotatable bonds is 1. The minimum absolute atomic E-state index is 0.648. The van der Waals surface area contributed by atoms with Gasteiger partial charge >= 0.3 is 0 Å².